The number of hydrogen-bond acceptors (Lipinski definition) is 1. The molecule has 0 fully saturated rings. The molecule has 94 valence electrons. The first kappa shape index (κ1) is 13.8. The highest BCUT2D eigenvalue weighted by molar-refractivity contribution is 9.10. The van der Waals surface area contributed by atoms with Gasteiger partial charge in [0.05, 0.1) is 0 Å². The monoisotopic (exact) mass is 367 g/mol. The highest BCUT2D eigenvalue weighted by Gasteiger charge is 2.06. The van der Waals surface area contributed by atoms with Crippen molar-refractivity contribution in [2.75, 3.05) is 0 Å². The normalized spacial score (nSPS) is 10.9. The first-order valence-electron chi connectivity index (χ1n) is 5.88. The fraction of sp³-hybridized carbons (Fsp3) is 0.200. The van der Waals surface area contributed by atoms with Crippen LogP contribution in [0.5, 0.6) is 0 Å². The SMILES string of the molecule is NC(Cc1cccc(Br)c1)Cc1cccc(Br)c1. The minimum atomic E-state index is 0.147. The lowest BCUT2D eigenvalue weighted by Gasteiger charge is -2.12. The van der Waals surface area contributed by atoms with Crippen molar-refractivity contribution in [1.82, 2.24) is 0 Å². The van der Waals surface area contributed by atoms with Crippen LogP contribution in [-0.4, -0.2) is 6.04 Å². The Balaban J connectivity index is 1.98. The van der Waals surface area contributed by atoms with Gasteiger partial charge in [-0.25, -0.2) is 0 Å². The number of hydrogen-bond donors (Lipinski definition) is 1. The molecule has 0 unspecified atom stereocenters. The molecule has 0 aliphatic heterocycles. The van der Waals surface area contributed by atoms with E-state index in [1.165, 1.54) is 11.1 Å². The van der Waals surface area contributed by atoms with Crippen molar-refractivity contribution in [3.63, 3.8) is 0 Å². The molecule has 0 spiro atoms. The predicted octanol–water partition coefficient (Wildman–Crippen LogP) is 4.32. The quantitative estimate of drug-likeness (QED) is 0.854. The van der Waals surface area contributed by atoms with Crippen LogP contribution in [0.3, 0.4) is 0 Å². The Morgan fingerprint density at radius 1 is 0.833 bits per heavy atom. The molecule has 0 atom stereocenters. The van der Waals surface area contributed by atoms with E-state index in [-0.39, 0.29) is 6.04 Å². The number of benzene rings is 2. The second kappa shape index (κ2) is 6.50. The summed E-state index contributed by atoms with van der Waals surface area (Å²) in [5, 5.41) is 0. The molecule has 2 rings (SSSR count). The molecule has 0 radical (unpaired) electrons. The topological polar surface area (TPSA) is 26.0 Å². The van der Waals surface area contributed by atoms with Gasteiger partial charge in [0.2, 0.25) is 0 Å². The summed E-state index contributed by atoms with van der Waals surface area (Å²) in [6.07, 6.45) is 1.79. The molecular weight excluding hydrogens is 354 g/mol. The van der Waals surface area contributed by atoms with Gasteiger partial charge in [-0.15, -0.1) is 0 Å². The van der Waals surface area contributed by atoms with Gasteiger partial charge in [-0.3, -0.25) is 0 Å². The molecule has 0 bridgehead atoms. The molecule has 0 aliphatic rings. The van der Waals surface area contributed by atoms with Crippen molar-refractivity contribution in [2.24, 2.45) is 5.73 Å². The molecule has 2 aromatic carbocycles. The smallest absolute Gasteiger partial charge is 0.0178 e. The Bertz CT molecular complexity index is 478. The highest BCUT2D eigenvalue weighted by atomic mass is 79.9. The van der Waals surface area contributed by atoms with Gasteiger partial charge in [0.1, 0.15) is 0 Å². The summed E-state index contributed by atoms with van der Waals surface area (Å²) in [6, 6.07) is 16.8. The van der Waals surface area contributed by atoms with Crippen LogP contribution < -0.4 is 5.73 Å². The molecule has 0 aromatic heterocycles. The average Bonchev–Trinajstić information content (AvgIpc) is 2.28. The standard InChI is InChI=1S/C15H15Br2N/c16-13-5-1-3-11(7-13)9-15(18)10-12-4-2-6-14(17)8-12/h1-8,15H,9-10,18H2. The van der Waals surface area contributed by atoms with Crippen LogP contribution in [-0.2, 0) is 12.8 Å². The minimum absolute atomic E-state index is 0.147. The fourth-order valence-electron chi connectivity index (χ4n) is 2.01. The van der Waals surface area contributed by atoms with Gasteiger partial charge >= 0.3 is 0 Å². The zero-order valence-electron chi connectivity index (χ0n) is 9.94. The van der Waals surface area contributed by atoms with E-state index in [0.717, 1.165) is 21.8 Å². The maximum atomic E-state index is 6.21. The summed E-state index contributed by atoms with van der Waals surface area (Å²) in [7, 11) is 0. The van der Waals surface area contributed by atoms with Crippen molar-refractivity contribution in [3.8, 4) is 0 Å². The Kier molecular flexibility index (Phi) is 4.98. The molecule has 2 aromatic rings. The van der Waals surface area contributed by atoms with Crippen LogP contribution >= 0.6 is 31.9 Å². The van der Waals surface area contributed by atoms with E-state index in [1.54, 1.807) is 0 Å². The Morgan fingerprint density at radius 2 is 1.28 bits per heavy atom. The molecule has 0 saturated heterocycles. The molecule has 2 N–H and O–H groups in total. The maximum Gasteiger partial charge on any atom is 0.0178 e. The largest absolute Gasteiger partial charge is 0.327 e. The third-order valence-corrected chi connectivity index (χ3v) is 3.76. The summed E-state index contributed by atoms with van der Waals surface area (Å²) < 4.78 is 2.21. The van der Waals surface area contributed by atoms with Crippen molar-refractivity contribution < 1.29 is 0 Å². The molecule has 0 aliphatic carbocycles. The fourth-order valence-corrected chi connectivity index (χ4v) is 2.90. The molecule has 18 heavy (non-hydrogen) atoms. The number of nitrogens with two attached hydrogens (primary N) is 1. The summed E-state index contributed by atoms with van der Waals surface area (Å²) >= 11 is 6.96. The lowest BCUT2D eigenvalue weighted by Crippen LogP contribution is -2.25. The van der Waals surface area contributed by atoms with Crippen LogP contribution in [0.25, 0.3) is 0 Å². The van der Waals surface area contributed by atoms with Gasteiger partial charge in [-0.2, -0.15) is 0 Å². The molecule has 0 heterocycles. The van der Waals surface area contributed by atoms with E-state index in [4.69, 9.17) is 5.73 Å². The van der Waals surface area contributed by atoms with Crippen molar-refractivity contribution in [1.29, 1.82) is 0 Å². The summed E-state index contributed by atoms with van der Waals surface area (Å²) in [5.41, 5.74) is 8.75. The van der Waals surface area contributed by atoms with Gasteiger partial charge in [0, 0.05) is 15.0 Å². The zero-order chi connectivity index (χ0) is 13.0. The second-order valence-corrected chi connectivity index (χ2v) is 6.26. The molecule has 1 nitrogen and oxygen atoms in total. The highest BCUT2D eigenvalue weighted by Crippen LogP contribution is 2.16. The van der Waals surface area contributed by atoms with E-state index in [2.05, 4.69) is 56.1 Å². The van der Waals surface area contributed by atoms with Crippen LogP contribution in [0.1, 0.15) is 11.1 Å². The Hall–Kier alpha value is -0.640. The van der Waals surface area contributed by atoms with E-state index in [9.17, 15) is 0 Å². The van der Waals surface area contributed by atoms with E-state index < -0.39 is 0 Å². The third-order valence-electron chi connectivity index (χ3n) is 2.77. The lowest BCUT2D eigenvalue weighted by molar-refractivity contribution is 0.664. The number of halogens is 2. The molecule has 0 saturated carbocycles. The van der Waals surface area contributed by atoms with Crippen LogP contribution in [0, 0.1) is 0 Å². The van der Waals surface area contributed by atoms with Gasteiger partial charge in [0.15, 0.2) is 0 Å². The predicted molar refractivity (Wildman–Crippen MR) is 83.7 cm³/mol. The van der Waals surface area contributed by atoms with Crippen LogP contribution in [0.15, 0.2) is 57.5 Å². The van der Waals surface area contributed by atoms with E-state index >= 15 is 0 Å². The van der Waals surface area contributed by atoms with Gasteiger partial charge in [-0.1, -0.05) is 56.1 Å². The molecule has 3 heteroatoms. The third kappa shape index (κ3) is 4.23. The van der Waals surface area contributed by atoms with Crippen molar-refractivity contribution in [2.45, 2.75) is 18.9 Å². The second-order valence-electron chi connectivity index (χ2n) is 4.43. The molecular formula is C15H15Br2N. The van der Waals surface area contributed by atoms with Crippen LogP contribution in [0.2, 0.25) is 0 Å². The van der Waals surface area contributed by atoms with Crippen molar-refractivity contribution in [3.05, 3.63) is 68.6 Å². The van der Waals surface area contributed by atoms with E-state index in [1.807, 2.05) is 24.3 Å². The van der Waals surface area contributed by atoms with Gasteiger partial charge in [-0.05, 0) is 48.2 Å². The Morgan fingerprint density at radius 3 is 1.67 bits per heavy atom. The maximum absolute atomic E-state index is 6.21. The first-order chi connectivity index (χ1) is 8.63. The average molecular weight is 369 g/mol. The summed E-state index contributed by atoms with van der Waals surface area (Å²) in [5.74, 6) is 0. The van der Waals surface area contributed by atoms with Crippen LogP contribution in [0.4, 0.5) is 0 Å². The van der Waals surface area contributed by atoms with Gasteiger partial charge < -0.3 is 5.73 Å². The van der Waals surface area contributed by atoms with Crippen molar-refractivity contribution >= 4 is 31.9 Å². The first-order valence-corrected chi connectivity index (χ1v) is 7.46. The van der Waals surface area contributed by atoms with E-state index in [0.29, 0.717) is 0 Å². The van der Waals surface area contributed by atoms with Gasteiger partial charge in [0.25, 0.3) is 0 Å². The summed E-state index contributed by atoms with van der Waals surface area (Å²) in [4.78, 5) is 0. The number of rotatable bonds is 4. The lowest BCUT2D eigenvalue weighted by atomic mass is 10.00. The minimum Gasteiger partial charge on any atom is -0.327 e. The zero-order valence-corrected chi connectivity index (χ0v) is 13.1. The molecule has 0 amide bonds. The summed E-state index contributed by atoms with van der Waals surface area (Å²) in [6.45, 7) is 0. The Labute approximate surface area is 125 Å².